The molecule has 2 aliphatic rings. The second-order valence-electron chi connectivity index (χ2n) is 7.76. The second kappa shape index (κ2) is 8.22. The first-order valence-corrected chi connectivity index (χ1v) is 10.0. The van der Waals surface area contributed by atoms with Crippen molar-refractivity contribution in [1.82, 2.24) is 4.90 Å². The Kier molecular flexibility index (Phi) is 5.46. The second-order valence-corrected chi connectivity index (χ2v) is 7.76. The molecule has 0 aromatic heterocycles. The third-order valence-corrected chi connectivity index (χ3v) is 5.78. The Morgan fingerprint density at radius 3 is 2.71 bits per heavy atom. The fourth-order valence-electron chi connectivity index (χ4n) is 4.03. The number of likely N-dealkylation sites (tertiary alicyclic amines) is 1. The molecule has 0 radical (unpaired) electrons. The monoisotopic (exact) mass is 422 g/mol. The first-order valence-electron chi connectivity index (χ1n) is 10.0. The molecule has 31 heavy (non-hydrogen) atoms. The van der Waals surface area contributed by atoms with Gasteiger partial charge in [-0.05, 0) is 29.8 Å². The van der Waals surface area contributed by atoms with Gasteiger partial charge in [0, 0.05) is 44.1 Å². The highest BCUT2D eigenvalue weighted by molar-refractivity contribution is 6.00. The number of nitrogens with zero attached hydrogens (tertiary/aromatic N) is 2. The zero-order valence-electron chi connectivity index (χ0n) is 17.1. The lowest BCUT2D eigenvalue weighted by Crippen LogP contribution is -2.52. The maximum Gasteiger partial charge on any atom is 0.270 e. The van der Waals surface area contributed by atoms with Crippen LogP contribution in [0, 0.1) is 10.1 Å². The Morgan fingerprint density at radius 1 is 1.23 bits per heavy atom. The summed E-state index contributed by atoms with van der Waals surface area (Å²) in [6.45, 7) is 0.938. The van der Waals surface area contributed by atoms with E-state index < -0.39 is 10.5 Å². The minimum absolute atomic E-state index is 0.0190. The molecule has 160 valence electrons. The number of rotatable bonds is 4. The van der Waals surface area contributed by atoms with Gasteiger partial charge in [0.25, 0.3) is 5.69 Å². The molecule has 0 bridgehead atoms. The standard InChI is InChI=1S/C23H22N2O6/c1-30-18-6-7-21-19(14-18)20(26)15-23(31-21)9-11-24(12-10-23)22(27)8-5-16-3-2-4-17(13-16)25(28)29/h2-8,13-14H,9-12,15H2,1H3/b8-5+. The summed E-state index contributed by atoms with van der Waals surface area (Å²) >= 11 is 0. The number of hydrogen-bond acceptors (Lipinski definition) is 6. The summed E-state index contributed by atoms with van der Waals surface area (Å²) in [6, 6.07) is 11.3. The molecule has 8 nitrogen and oxygen atoms in total. The van der Waals surface area contributed by atoms with Crippen molar-refractivity contribution in [3.63, 3.8) is 0 Å². The van der Waals surface area contributed by atoms with Crippen molar-refractivity contribution < 1.29 is 24.0 Å². The number of nitro groups is 1. The van der Waals surface area contributed by atoms with Crippen LogP contribution in [0.3, 0.4) is 0 Å². The van der Waals surface area contributed by atoms with Gasteiger partial charge in [0.1, 0.15) is 17.1 Å². The summed E-state index contributed by atoms with van der Waals surface area (Å²) in [5.74, 6) is 1.02. The van der Waals surface area contributed by atoms with Crippen molar-refractivity contribution in [2.75, 3.05) is 20.2 Å². The maximum absolute atomic E-state index is 12.7. The van der Waals surface area contributed by atoms with Gasteiger partial charge >= 0.3 is 0 Å². The zero-order chi connectivity index (χ0) is 22.0. The van der Waals surface area contributed by atoms with Crippen LogP contribution in [-0.4, -0.2) is 47.3 Å². The average molecular weight is 422 g/mol. The van der Waals surface area contributed by atoms with E-state index in [0.29, 0.717) is 48.6 Å². The van der Waals surface area contributed by atoms with E-state index in [0.717, 1.165) is 0 Å². The highest BCUT2D eigenvalue weighted by Gasteiger charge is 2.43. The van der Waals surface area contributed by atoms with E-state index in [1.54, 1.807) is 48.4 Å². The summed E-state index contributed by atoms with van der Waals surface area (Å²) < 4.78 is 11.4. The lowest BCUT2D eigenvalue weighted by atomic mass is 9.82. The Morgan fingerprint density at radius 2 is 2.00 bits per heavy atom. The molecule has 0 N–H and O–H groups in total. The van der Waals surface area contributed by atoms with Crippen LogP contribution in [0.25, 0.3) is 6.08 Å². The van der Waals surface area contributed by atoms with Gasteiger partial charge in [0.2, 0.25) is 5.91 Å². The predicted octanol–water partition coefficient (Wildman–Crippen LogP) is 3.64. The van der Waals surface area contributed by atoms with Crippen LogP contribution in [0.15, 0.2) is 48.5 Å². The molecular weight excluding hydrogens is 400 g/mol. The first kappa shape index (κ1) is 20.6. The number of nitro benzene ring substituents is 1. The molecule has 4 rings (SSSR count). The van der Waals surface area contributed by atoms with Crippen molar-refractivity contribution >= 4 is 23.5 Å². The van der Waals surface area contributed by atoms with Crippen molar-refractivity contribution in [2.45, 2.75) is 24.9 Å². The summed E-state index contributed by atoms with van der Waals surface area (Å²) in [6.07, 6.45) is 4.38. The van der Waals surface area contributed by atoms with E-state index >= 15 is 0 Å². The van der Waals surface area contributed by atoms with E-state index in [-0.39, 0.29) is 23.8 Å². The number of non-ortho nitro benzene ring substituents is 1. The molecule has 2 heterocycles. The molecule has 2 aliphatic heterocycles. The number of ketones is 1. The van der Waals surface area contributed by atoms with E-state index in [1.807, 2.05) is 0 Å². The zero-order valence-corrected chi connectivity index (χ0v) is 17.1. The molecule has 1 spiro atoms. The normalized spacial score (nSPS) is 17.3. The van der Waals surface area contributed by atoms with Gasteiger partial charge in [-0.3, -0.25) is 19.7 Å². The SMILES string of the molecule is COc1ccc2c(c1)C(=O)CC1(CCN(C(=O)/C=C/c3cccc([N+](=O)[O-])c3)CC1)O2. The number of methoxy groups -OCH3 is 1. The van der Waals surface area contributed by atoms with Gasteiger partial charge in [0.15, 0.2) is 5.78 Å². The molecule has 1 saturated heterocycles. The van der Waals surface area contributed by atoms with Crippen LogP contribution in [0.2, 0.25) is 0 Å². The molecular formula is C23H22N2O6. The van der Waals surface area contributed by atoms with Crippen LogP contribution < -0.4 is 9.47 Å². The van der Waals surface area contributed by atoms with E-state index in [4.69, 9.17) is 9.47 Å². The van der Waals surface area contributed by atoms with E-state index in [2.05, 4.69) is 0 Å². The van der Waals surface area contributed by atoms with Crippen molar-refractivity contribution in [3.05, 3.63) is 69.8 Å². The van der Waals surface area contributed by atoms with Gasteiger partial charge < -0.3 is 14.4 Å². The number of hydrogen-bond donors (Lipinski definition) is 0. The van der Waals surface area contributed by atoms with E-state index in [9.17, 15) is 19.7 Å². The topological polar surface area (TPSA) is 99.0 Å². The Balaban J connectivity index is 1.40. The number of carbonyl (C=O) groups is 2. The number of ether oxygens (including phenoxy) is 2. The molecule has 0 aliphatic carbocycles. The molecule has 0 saturated carbocycles. The number of benzene rings is 2. The van der Waals surface area contributed by atoms with Gasteiger partial charge in [-0.2, -0.15) is 0 Å². The number of amides is 1. The van der Waals surface area contributed by atoms with Gasteiger partial charge in [-0.1, -0.05) is 12.1 Å². The summed E-state index contributed by atoms with van der Waals surface area (Å²) in [4.78, 5) is 37.4. The Labute approximate surface area is 179 Å². The summed E-state index contributed by atoms with van der Waals surface area (Å²) in [5.41, 5.74) is 0.498. The quantitative estimate of drug-likeness (QED) is 0.424. The first-order chi connectivity index (χ1) is 14.9. The lowest BCUT2D eigenvalue weighted by molar-refractivity contribution is -0.384. The van der Waals surface area contributed by atoms with Gasteiger partial charge in [-0.15, -0.1) is 0 Å². The number of Topliss-reactive ketones (excluding diaryl/α,β-unsaturated/α-hetero) is 1. The van der Waals surface area contributed by atoms with Gasteiger partial charge in [0.05, 0.1) is 24.0 Å². The fraction of sp³-hybridized carbons (Fsp3) is 0.304. The number of piperidine rings is 1. The van der Waals surface area contributed by atoms with Crippen molar-refractivity contribution in [2.24, 2.45) is 0 Å². The summed E-state index contributed by atoms with van der Waals surface area (Å²) in [7, 11) is 1.55. The van der Waals surface area contributed by atoms with Gasteiger partial charge in [-0.25, -0.2) is 0 Å². The lowest BCUT2D eigenvalue weighted by Gasteiger charge is -2.43. The Bertz CT molecular complexity index is 1070. The minimum Gasteiger partial charge on any atom is -0.497 e. The smallest absolute Gasteiger partial charge is 0.270 e. The minimum atomic E-state index is -0.598. The number of carbonyl (C=O) groups excluding carboxylic acids is 2. The fourth-order valence-corrected chi connectivity index (χ4v) is 4.03. The summed E-state index contributed by atoms with van der Waals surface area (Å²) in [5, 5.41) is 10.9. The molecule has 1 amide bonds. The highest BCUT2D eigenvalue weighted by Crippen LogP contribution is 2.40. The number of fused-ring (bicyclic) bond motifs is 1. The highest BCUT2D eigenvalue weighted by atomic mass is 16.6. The van der Waals surface area contributed by atoms with Crippen LogP contribution >= 0.6 is 0 Å². The van der Waals surface area contributed by atoms with E-state index in [1.165, 1.54) is 18.2 Å². The predicted molar refractivity (Wildman–Crippen MR) is 113 cm³/mol. The van der Waals surface area contributed by atoms with Crippen LogP contribution in [0.4, 0.5) is 5.69 Å². The van der Waals surface area contributed by atoms with Crippen molar-refractivity contribution in [3.8, 4) is 11.5 Å². The Hall–Kier alpha value is -3.68. The molecule has 0 atom stereocenters. The average Bonchev–Trinajstić information content (AvgIpc) is 2.78. The third kappa shape index (κ3) is 4.28. The molecule has 0 unspecified atom stereocenters. The van der Waals surface area contributed by atoms with Crippen LogP contribution in [0.1, 0.15) is 35.2 Å². The largest absolute Gasteiger partial charge is 0.497 e. The molecule has 2 aromatic carbocycles. The van der Waals surface area contributed by atoms with Crippen molar-refractivity contribution in [1.29, 1.82) is 0 Å². The maximum atomic E-state index is 12.7. The molecule has 8 heteroatoms. The molecule has 1 fully saturated rings. The van der Waals surface area contributed by atoms with Crippen LogP contribution in [0.5, 0.6) is 11.5 Å². The molecule has 2 aromatic rings. The van der Waals surface area contributed by atoms with Crippen LogP contribution in [-0.2, 0) is 4.79 Å². The third-order valence-electron chi connectivity index (χ3n) is 5.78.